The van der Waals surface area contributed by atoms with E-state index < -0.39 is 42.5 Å². The Bertz CT molecular complexity index is 1630. The van der Waals surface area contributed by atoms with Crippen molar-refractivity contribution in [3.05, 3.63) is 69.8 Å². The fourth-order valence-electron chi connectivity index (χ4n) is 3.74. The third-order valence-electron chi connectivity index (χ3n) is 5.78. The van der Waals surface area contributed by atoms with E-state index in [0.29, 0.717) is 9.59 Å². The quantitative estimate of drug-likeness (QED) is 0.243. The highest BCUT2D eigenvalue weighted by Crippen LogP contribution is 2.24. The second kappa shape index (κ2) is 11.9. The van der Waals surface area contributed by atoms with Crippen LogP contribution in [0, 0.1) is 0 Å². The maximum Gasteiger partial charge on any atom is 0.416 e. The standard InChI is InChI=1S/C25H27ClF3N9O4/c1-24(2,30)13-32-22(40)21-33-18(34-38(21)20-16(42-3)5-4-10-31-20)12-37-23(41)36(11-17(39)25(27,28)29)19(35-37)14-6-8-15(26)9-7-14/h4-10,17,39H,11-13,30H2,1-3H3,(H,32,40). The average Bonchev–Trinajstić information content (AvgIpc) is 3.48. The number of benzene rings is 1. The number of nitrogens with two attached hydrogens (primary N) is 1. The van der Waals surface area contributed by atoms with Gasteiger partial charge in [0.15, 0.2) is 29.3 Å². The minimum absolute atomic E-state index is 0.0865. The summed E-state index contributed by atoms with van der Waals surface area (Å²) in [4.78, 5) is 34.9. The Morgan fingerprint density at radius 3 is 2.50 bits per heavy atom. The maximum absolute atomic E-state index is 13.3. The second-order valence-corrected chi connectivity index (χ2v) is 10.3. The lowest BCUT2D eigenvalue weighted by Crippen LogP contribution is -2.45. The molecule has 1 amide bonds. The van der Waals surface area contributed by atoms with E-state index in [-0.39, 0.29) is 41.1 Å². The van der Waals surface area contributed by atoms with Crippen LogP contribution in [0.1, 0.15) is 30.3 Å². The Kier molecular flexibility index (Phi) is 8.70. The van der Waals surface area contributed by atoms with Crippen LogP contribution < -0.4 is 21.5 Å². The highest BCUT2D eigenvalue weighted by molar-refractivity contribution is 6.30. The van der Waals surface area contributed by atoms with Crippen LogP contribution in [0.2, 0.25) is 5.02 Å². The number of aliphatic hydroxyl groups is 1. The number of aromatic nitrogens is 7. The number of carbonyl (C=O) groups excluding carboxylic acids is 1. The Morgan fingerprint density at radius 2 is 1.88 bits per heavy atom. The number of halogens is 4. The van der Waals surface area contributed by atoms with Crippen LogP contribution in [-0.4, -0.2) is 76.6 Å². The molecule has 0 spiro atoms. The fourth-order valence-corrected chi connectivity index (χ4v) is 3.86. The monoisotopic (exact) mass is 609 g/mol. The van der Waals surface area contributed by atoms with Crippen LogP contribution in [0.25, 0.3) is 17.2 Å². The second-order valence-electron chi connectivity index (χ2n) is 9.90. The topological polar surface area (TPSA) is 168 Å². The van der Waals surface area contributed by atoms with E-state index >= 15 is 0 Å². The largest absolute Gasteiger partial charge is 0.493 e. The number of nitrogens with zero attached hydrogens (tertiary/aromatic N) is 7. The molecule has 0 saturated heterocycles. The van der Waals surface area contributed by atoms with Crippen molar-refractivity contribution in [1.82, 2.24) is 39.4 Å². The van der Waals surface area contributed by atoms with E-state index in [2.05, 4.69) is 25.5 Å². The number of carbonyl (C=O) groups is 1. The van der Waals surface area contributed by atoms with Crippen molar-refractivity contribution in [2.45, 2.75) is 44.8 Å². The van der Waals surface area contributed by atoms with Gasteiger partial charge in [-0.1, -0.05) is 11.6 Å². The molecular weight excluding hydrogens is 583 g/mol. The van der Waals surface area contributed by atoms with E-state index in [9.17, 15) is 27.9 Å². The summed E-state index contributed by atoms with van der Waals surface area (Å²) in [5, 5.41) is 21.3. The van der Waals surface area contributed by atoms with Crippen molar-refractivity contribution in [2.75, 3.05) is 13.7 Å². The van der Waals surface area contributed by atoms with Gasteiger partial charge in [0.05, 0.1) is 13.7 Å². The maximum atomic E-state index is 13.3. The molecule has 0 fully saturated rings. The first-order valence-electron chi connectivity index (χ1n) is 12.4. The Labute approximate surface area is 241 Å². The molecule has 0 aliphatic rings. The van der Waals surface area contributed by atoms with Gasteiger partial charge < -0.3 is 20.9 Å². The smallest absolute Gasteiger partial charge is 0.416 e. The predicted octanol–water partition coefficient (Wildman–Crippen LogP) is 1.79. The van der Waals surface area contributed by atoms with Crippen molar-refractivity contribution in [3.63, 3.8) is 0 Å². The van der Waals surface area contributed by atoms with Gasteiger partial charge in [0.2, 0.25) is 5.82 Å². The van der Waals surface area contributed by atoms with Gasteiger partial charge in [0.1, 0.15) is 6.54 Å². The van der Waals surface area contributed by atoms with Crippen molar-refractivity contribution in [3.8, 4) is 23.0 Å². The normalized spacial score (nSPS) is 12.8. The molecule has 0 aliphatic carbocycles. The number of hydrogen-bond acceptors (Lipinski definition) is 9. The van der Waals surface area contributed by atoms with E-state index in [1.54, 1.807) is 26.0 Å². The summed E-state index contributed by atoms with van der Waals surface area (Å²) in [5.74, 6) is -0.754. The van der Waals surface area contributed by atoms with E-state index in [1.807, 2.05) is 0 Å². The molecule has 1 aromatic carbocycles. The predicted molar refractivity (Wildman–Crippen MR) is 144 cm³/mol. The molecule has 3 aromatic heterocycles. The van der Waals surface area contributed by atoms with Gasteiger partial charge >= 0.3 is 11.9 Å². The summed E-state index contributed by atoms with van der Waals surface area (Å²) in [6.45, 7) is 1.95. The zero-order chi connectivity index (χ0) is 30.8. The number of aliphatic hydroxyl groups excluding tert-OH is 1. The number of ether oxygens (including phenoxy) is 1. The molecule has 17 heteroatoms. The number of amides is 1. The van der Waals surface area contributed by atoms with E-state index in [0.717, 1.165) is 9.36 Å². The molecular formula is C25H27ClF3N9O4. The number of methoxy groups -OCH3 is 1. The van der Waals surface area contributed by atoms with Gasteiger partial charge in [-0.2, -0.15) is 17.9 Å². The first-order valence-corrected chi connectivity index (χ1v) is 12.8. The summed E-state index contributed by atoms with van der Waals surface area (Å²) in [7, 11) is 1.40. The summed E-state index contributed by atoms with van der Waals surface area (Å²) in [6.07, 6.45) is -6.38. The minimum atomic E-state index is -4.98. The Morgan fingerprint density at radius 1 is 1.19 bits per heavy atom. The Hall–Kier alpha value is -4.28. The third kappa shape index (κ3) is 6.95. The molecule has 0 aliphatic heterocycles. The first-order chi connectivity index (χ1) is 19.7. The van der Waals surface area contributed by atoms with Crippen molar-refractivity contribution in [1.29, 1.82) is 0 Å². The van der Waals surface area contributed by atoms with Crippen molar-refractivity contribution >= 4 is 17.5 Å². The number of nitrogens with one attached hydrogen (secondary N) is 1. The molecule has 1 unspecified atom stereocenters. The van der Waals surface area contributed by atoms with E-state index in [4.69, 9.17) is 22.1 Å². The van der Waals surface area contributed by atoms with Gasteiger partial charge in [-0.3, -0.25) is 9.36 Å². The highest BCUT2D eigenvalue weighted by atomic mass is 35.5. The molecule has 4 rings (SSSR count). The van der Waals surface area contributed by atoms with E-state index in [1.165, 1.54) is 37.6 Å². The van der Waals surface area contributed by atoms with Gasteiger partial charge in [0, 0.05) is 28.9 Å². The number of pyridine rings is 1. The molecule has 13 nitrogen and oxygen atoms in total. The van der Waals surface area contributed by atoms with Crippen LogP contribution in [0.5, 0.6) is 5.75 Å². The molecule has 3 heterocycles. The molecule has 0 radical (unpaired) electrons. The van der Waals surface area contributed by atoms with Gasteiger partial charge in [-0.05, 0) is 50.2 Å². The number of rotatable bonds is 10. The average molecular weight is 610 g/mol. The van der Waals surface area contributed by atoms with Gasteiger partial charge in [-0.25, -0.2) is 19.4 Å². The third-order valence-corrected chi connectivity index (χ3v) is 6.03. The minimum Gasteiger partial charge on any atom is -0.493 e. The summed E-state index contributed by atoms with van der Waals surface area (Å²) >= 11 is 5.93. The summed E-state index contributed by atoms with van der Waals surface area (Å²) in [5.41, 5.74) is 4.52. The Balaban J connectivity index is 1.79. The summed E-state index contributed by atoms with van der Waals surface area (Å²) < 4.78 is 47.6. The lowest BCUT2D eigenvalue weighted by atomic mass is 10.1. The molecule has 4 aromatic rings. The zero-order valence-corrected chi connectivity index (χ0v) is 23.4. The SMILES string of the molecule is COc1cccnc1-n1nc(Cn2nc(-c3ccc(Cl)cc3)n(CC(O)C(F)(F)F)c2=O)nc1C(=O)NCC(C)(C)N. The van der Waals surface area contributed by atoms with Crippen LogP contribution in [0.4, 0.5) is 13.2 Å². The molecule has 0 saturated carbocycles. The molecule has 4 N–H and O–H groups in total. The van der Waals surface area contributed by atoms with Crippen LogP contribution in [-0.2, 0) is 13.1 Å². The molecule has 0 bridgehead atoms. The molecule has 42 heavy (non-hydrogen) atoms. The van der Waals surface area contributed by atoms with Gasteiger partial charge in [-0.15, -0.1) is 10.2 Å². The fraction of sp³-hybridized carbons (Fsp3) is 0.360. The van der Waals surface area contributed by atoms with Crippen LogP contribution >= 0.6 is 11.6 Å². The zero-order valence-electron chi connectivity index (χ0n) is 22.6. The molecule has 224 valence electrons. The lowest BCUT2D eigenvalue weighted by Gasteiger charge is -2.18. The molecule has 1 atom stereocenters. The highest BCUT2D eigenvalue weighted by Gasteiger charge is 2.39. The van der Waals surface area contributed by atoms with Crippen molar-refractivity contribution < 1.29 is 27.8 Å². The van der Waals surface area contributed by atoms with Gasteiger partial charge in [0.25, 0.3) is 5.91 Å². The van der Waals surface area contributed by atoms with Crippen LogP contribution in [0.3, 0.4) is 0 Å². The number of hydrogen-bond donors (Lipinski definition) is 3. The summed E-state index contributed by atoms with van der Waals surface area (Å²) in [6, 6.07) is 9.07. The van der Waals surface area contributed by atoms with Crippen molar-refractivity contribution in [2.24, 2.45) is 5.73 Å². The lowest BCUT2D eigenvalue weighted by molar-refractivity contribution is -0.207. The first kappa shape index (κ1) is 30.7. The number of alkyl halides is 3. The van der Waals surface area contributed by atoms with Crippen LogP contribution in [0.15, 0.2) is 47.4 Å².